The molecule has 0 fully saturated rings. The molecule has 6 nitrogen and oxygen atoms in total. The zero-order chi connectivity index (χ0) is 14.1. The van der Waals surface area contributed by atoms with Crippen LogP contribution in [0.15, 0.2) is 30.3 Å². The monoisotopic (exact) mass is 266 g/mol. The zero-order valence-electron chi connectivity index (χ0n) is 11.0. The molecule has 0 saturated heterocycles. The standard InChI is InChI=1S/C13H18N2O4/c1-18-9-14-12(16)11(15-13(17)19-2)8-10-6-4-3-5-7-10/h3-7,11H,8-9H2,1-2H3,(H,14,16)(H,15,17)/t11-/m0/s1. The summed E-state index contributed by atoms with van der Waals surface area (Å²) in [5.74, 6) is -0.323. The molecule has 2 amide bonds. The summed E-state index contributed by atoms with van der Waals surface area (Å²) in [5, 5.41) is 5.05. The molecule has 19 heavy (non-hydrogen) atoms. The molecule has 0 bridgehead atoms. The van der Waals surface area contributed by atoms with E-state index in [2.05, 4.69) is 15.4 Å². The summed E-state index contributed by atoms with van der Waals surface area (Å²) < 4.78 is 9.28. The lowest BCUT2D eigenvalue weighted by Gasteiger charge is -2.17. The lowest BCUT2D eigenvalue weighted by molar-refractivity contribution is -0.124. The summed E-state index contributed by atoms with van der Waals surface area (Å²) in [7, 11) is 2.72. The Kier molecular flexibility index (Phi) is 6.38. The number of methoxy groups -OCH3 is 2. The van der Waals surface area contributed by atoms with Gasteiger partial charge in [-0.2, -0.15) is 0 Å². The van der Waals surface area contributed by atoms with Crippen LogP contribution in [0.2, 0.25) is 0 Å². The van der Waals surface area contributed by atoms with E-state index in [1.54, 1.807) is 0 Å². The van der Waals surface area contributed by atoms with Gasteiger partial charge < -0.3 is 20.1 Å². The van der Waals surface area contributed by atoms with Gasteiger partial charge in [-0.25, -0.2) is 4.79 Å². The summed E-state index contributed by atoms with van der Waals surface area (Å²) >= 11 is 0. The van der Waals surface area contributed by atoms with Gasteiger partial charge in [0.25, 0.3) is 0 Å². The summed E-state index contributed by atoms with van der Waals surface area (Å²) in [6.07, 6.45) is -0.264. The van der Waals surface area contributed by atoms with Crippen LogP contribution in [0, 0.1) is 0 Å². The minimum Gasteiger partial charge on any atom is -0.453 e. The average Bonchev–Trinajstić information content (AvgIpc) is 2.44. The SMILES string of the molecule is COCNC(=O)[C@H](Cc1ccccc1)NC(=O)OC. The minimum atomic E-state index is -0.704. The fourth-order valence-corrected chi connectivity index (χ4v) is 1.53. The van der Waals surface area contributed by atoms with E-state index in [0.29, 0.717) is 6.42 Å². The second-order valence-electron chi connectivity index (χ2n) is 3.85. The Morgan fingerprint density at radius 3 is 2.47 bits per heavy atom. The molecule has 0 radical (unpaired) electrons. The van der Waals surface area contributed by atoms with Gasteiger partial charge in [-0.05, 0) is 5.56 Å². The number of carbonyl (C=O) groups is 2. The second kappa shape index (κ2) is 8.10. The maximum atomic E-state index is 11.9. The van der Waals surface area contributed by atoms with Crippen molar-refractivity contribution in [2.75, 3.05) is 21.0 Å². The highest BCUT2D eigenvalue weighted by atomic mass is 16.5. The molecule has 0 saturated carbocycles. The van der Waals surface area contributed by atoms with Crippen LogP contribution in [0.1, 0.15) is 5.56 Å². The number of alkyl carbamates (subject to hydrolysis) is 1. The molecule has 1 aromatic carbocycles. The van der Waals surface area contributed by atoms with E-state index in [1.165, 1.54) is 14.2 Å². The fourth-order valence-electron chi connectivity index (χ4n) is 1.53. The number of nitrogens with one attached hydrogen (secondary N) is 2. The number of ether oxygens (including phenoxy) is 2. The van der Waals surface area contributed by atoms with Gasteiger partial charge in [0.05, 0.1) is 7.11 Å². The average molecular weight is 266 g/mol. The Bertz CT molecular complexity index is 408. The molecule has 1 aromatic rings. The van der Waals surface area contributed by atoms with Crippen LogP contribution in [-0.2, 0) is 20.7 Å². The second-order valence-corrected chi connectivity index (χ2v) is 3.85. The van der Waals surface area contributed by atoms with Gasteiger partial charge in [-0.15, -0.1) is 0 Å². The van der Waals surface area contributed by atoms with Crippen LogP contribution in [0.25, 0.3) is 0 Å². The largest absolute Gasteiger partial charge is 0.453 e. The highest BCUT2D eigenvalue weighted by Crippen LogP contribution is 2.03. The first-order chi connectivity index (χ1) is 9.17. The molecular weight excluding hydrogens is 248 g/mol. The Labute approximate surface area is 112 Å². The third kappa shape index (κ3) is 5.39. The third-order valence-corrected chi connectivity index (χ3v) is 2.47. The molecule has 2 N–H and O–H groups in total. The molecule has 6 heteroatoms. The van der Waals surface area contributed by atoms with Crippen LogP contribution in [0.3, 0.4) is 0 Å². The van der Waals surface area contributed by atoms with E-state index in [1.807, 2.05) is 30.3 Å². The maximum Gasteiger partial charge on any atom is 0.407 e. The van der Waals surface area contributed by atoms with Gasteiger partial charge in [0.15, 0.2) is 0 Å². The Morgan fingerprint density at radius 1 is 1.21 bits per heavy atom. The molecule has 0 aliphatic rings. The Hall–Kier alpha value is -2.08. The van der Waals surface area contributed by atoms with E-state index in [9.17, 15) is 9.59 Å². The molecular formula is C13H18N2O4. The summed E-state index contributed by atoms with van der Waals surface area (Å²) in [6, 6.07) is 8.70. The number of hydrogen-bond donors (Lipinski definition) is 2. The van der Waals surface area contributed by atoms with Gasteiger partial charge in [0.2, 0.25) is 5.91 Å². The molecule has 0 aliphatic heterocycles. The topological polar surface area (TPSA) is 76.7 Å². The lowest BCUT2D eigenvalue weighted by Crippen LogP contribution is -2.48. The quantitative estimate of drug-likeness (QED) is 0.742. The lowest BCUT2D eigenvalue weighted by atomic mass is 10.1. The van der Waals surface area contributed by atoms with E-state index in [0.717, 1.165) is 5.56 Å². The van der Waals surface area contributed by atoms with Crippen molar-refractivity contribution in [1.82, 2.24) is 10.6 Å². The molecule has 0 aliphatic carbocycles. The van der Waals surface area contributed by atoms with Crippen molar-refractivity contribution in [3.05, 3.63) is 35.9 Å². The summed E-state index contributed by atoms with van der Waals surface area (Å²) in [4.78, 5) is 23.1. The number of rotatable bonds is 6. The predicted molar refractivity (Wildman–Crippen MR) is 69.5 cm³/mol. The van der Waals surface area contributed by atoms with Crippen molar-refractivity contribution < 1.29 is 19.1 Å². The molecule has 104 valence electrons. The Morgan fingerprint density at radius 2 is 1.89 bits per heavy atom. The van der Waals surface area contributed by atoms with Crippen molar-refractivity contribution in [3.63, 3.8) is 0 Å². The molecule has 0 spiro atoms. The van der Waals surface area contributed by atoms with Crippen LogP contribution in [0.4, 0.5) is 4.79 Å². The summed E-state index contributed by atoms with van der Waals surface area (Å²) in [6.45, 7) is 0.0903. The fraction of sp³-hybridized carbons (Fsp3) is 0.385. The van der Waals surface area contributed by atoms with Crippen LogP contribution in [0.5, 0.6) is 0 Å². The highest BCUT2D eigenvalue weighted by molar-refractivity contribution is 5.85. The number of hydrogen-bond acceptors (Lipinski definition) is 4. The molecule has 1 rings (SSSR count). The Balaban J connectivity index is 2.68. The first-order valence-electron chi connectivity index (χ1n) is 5.82. The minimum absolute atomic E-state index is 0.0903. The number of benzene rings is 1. The molecule has 1 atom stereocenters. The van der Waals surface area contributed by atoms with Crippen LogP contribution in [-0.4, -0.2) is 39.0 Å². The van der Waals surface area contributed by atoms with Crippen molar-refractivity contribution in [3.8, 4) is 0 Å². The van der Waals surface area contributed by atoms with E-state index in [4.69, 9.17) is 4.74 Å². The van der Waals surface area contributed by atoms with Crippen LogP contribution < -0.4 is 10.6 Å². The number of carbonyl (C=O) groups excluding carboxylic acids is 2. The normalized spacial score (nSPS) is 11.5. The predicted octanol–water partition coefficient (Wildman–Crippen LogP) is 0.674. The number of amides is 2. The first-order valence-corrected chi connectivity index (χ1v) is 5.82. The van der Waals surface area contributed by atoms with E-state index in [-0.39, 0.29) is 12.6 Å². The van der Waals surface area contributed by atoms with Crippen molar-refractivity contribution in [2.24, 2.45) is 0 Å². The summed E-state index contributed by atoms with van der Waals surface area (Å²) in [5.41, 5.74) is 0.941. The first kappa shape index (κ1) is 15.0. The van der Waals surface area contributed by atoms with Gasteiger partial charge in [0.1, 0.15) is 12.8 Å². The third-order valence-electron chi connectivity index (χ3n) is 2.47. The van der Waals surface area contributed by atoms with E-state index < -0.39 is 12.1 Å². The van der Waals surface area contributed by atoms with Crippen molar-refractivity contribution in [1.29, 1.82) is 0 Å². The van der Waals surface area contributed by atoms with Crippen molar-refractivity contribution >= 4 is 12.0 Å². The van der Waals surface area contributed by atoms with Gasteiger partial charge in [-0.1, -0.05) is 30.3 Å². The van der Waals surface area contributed by atoms with Gasteiger partial charge in [0, 0.05) is 13.5 Å². The molecule has 0 aromatic heterocycles. The van der Waals surface area contributed by atoms with Gasteiger partial charge >= 0.3 is 6.09 Å². The van der Waals surface area contributed by atoms with Crippen molar-refractivity contribution in [2.45, 2.75) is 12.5 Å². The van der Waals surface area contributed by atoms with Gasteiger partial charge in [-0.3, -0.25) is 4.79 Å². The van der Waals surface area contributed by atoms with Crippen LogP contribution >= 0.6 is 0 Å². The molecule has 0 heterocycles. The van der Waals surface area contributed by atoms with E-state index >= 15 is 0 Å². The smallest absolute Gasteiger partial charge is 0.407 e. The maximum absolute atomic E-state index is 11.9. The highest BCUT2D eigenvalue weighted by Gasteiger charge is 2.21. The zero-order valence-corrected chi connectivity index (χ0v) is 11.0. The molecule has 0 unspecified atom stereocenters.